The van der Waals surface area contributed by atoms with Crippen LogP contribution in [0.15, 0.2) is 12.1 Å². The Labute approximate surface area is 145 Å². The Kier molecular flexibility index (Phi) is 8.36. The van der Waals surface area contributed by atoms with E-state index in [0.29, 0.717) is 45.7 Å². The summed E-state index contributed by atoms with van der Waals surface area (Å²) in [5.41, 5.74) is 2.39. The van der Waals surface area contributed by atoms with Crippen molar-refractivity contribution in [3.8, 4) is 11.5 Å². The van der Waals surface area contributed by atoms with E-state index in [2.05, 4.69) is 26.8 Å². The van der Waals surface area contributed by atoms with Gasteiger partial charge >= 0.3 is 0 Å². The van der Waals surface area contributed by atoms with Crippen molar-refractivity contribution in [3.63, 3.8) is 0 Å². The van der Waals surface area contributed by atoms with Gasteiger partial charge in [0, 0.05) is 6.61 Å². The smallest absolute Gasteiger partial charge is 0.231 e. The zero-order valence-corrected chi connectivity index (χ0v) is 15.1. The van der Waals surface area contributed by atoms with Crippen molar-refractivity contribution in [3.05, 3.63) is 23.3 Å². The second-order valence-corrected chi connectivity index (χ2v) is 6.19. The van der Waals surface area contributed by atoms with Crippen molar-refractivity contribution in [1.29, 1.82) is 0 Å². The van der Waals surface area contributed by atoms with Crippen LogP contribution in [0.3, 0.4) is 0 Å². The molecule has 0 fully saturated rings. The Morgan fingerprint density at radius 1 is 0.917 bits per heavy atom. The predicted octanol–water partition coefficient (Wildman–Crippen LogP) is 3.89. The third kappa shape index (κ3) is 5.96. The number of ether oxygens (including phenoxy) is 5. The fraction of sp³-hybridized carbons (Fsp3) is 0.684. The van der Waals surface area contributed by atoms with Gasteiger partial charge in [0.15, 0.2) is 11.5 Å². The van der Waals surface area contributed by atoms with Crippen LogP contribution in [0.4, 0.5) is 0 Å². The Balaban J connectivity index is 1.65. The van der Waals surface area contributed by atoms with Gasteiger partial charge in [0.05, 0.1) is 33.0 Å². The van der Waals surface area contributed by atoms with Crippen LogP contribution in [0.25, 0.3) is 0 Å². The number of hydrogen-bond donors (Lipinski definition) is 0. The van der Waals surface area contributed by atoms with Gasteiger partial charge in [-0.3, -0.25) is 0 Å². The molecule has 2 rings (SSSR count). The summed E-state index contributed by atoms with van der Waals surface area (Å²) in [4.78, 5) is 0. The van der Waals surface area contributed by atoms with Crippen LogP contribution >= 0.6 is 0 Å². The number of fused-ring (bicyclic) bond motifs is 1. The maximum atomic E-state index is 5.75. The summed E-state index contributed by atoms with van der Waals surface area (Å²) >= 11 is 0. The van der Waals surface area contributed by atoms with Gasteiger partial charge < -0.3 is 23.7 Å². The average Bonchev–Trinajstić information content (AvgIpc) is 3.03. The van der Waals surface area contributed by atoms with Crippen molar-refractivity contribution < 1.29 is 23.7 Å². The lowest BCUT2D eigenvalue weighted by Crippen LogP contribution is -2.10. The zero-order chi connectivity index (χ0) is 17.2. The molecule has 5 heteroatoms. The third-order valence-corrected chi connectivity index (χ3v) is 3.90. The lowest BCUT2D eigenvalue weighted by Gasteiger charge is -2.14. The first-order chi connectivity index (χ1) is 11.7. The normalized spacial score (nSPS) is 13.0. The second kappa shape index (κ2) is 10.5. The first-order valence-electron chi connectivity index (χ1n) is 8.88. The predicted molar refractivity (Wildman–Crippen MR) is 92.9 cm³/mol. The molecular weight excluding hydrogens is 308 g/mol. The van der Waals surface area contributed by atoms with Crippen molar-refractivity contribution in [1.82, 2.24) is 0 Å². The molecule has 136 valence electrons. The first kappa shape index (κ1) is 19.0. The molecule has 1 aromatic rings. The second-order valence-electron chi connectivity index (χ2n) is 6.19. The molecule has 1 aliphatic rings. The van der Waals surface area contributed by atoms with Gasteiger partial charge in [-0.2, -0.15) is 0 Å². The summed E-state index contributed by atoms with van der Waals surface area (Å²) in [6, 6.07) is 4.09. The molecule has 0 atom stereocenters. The van der Waals surface area contributed by atoms with Crippen LogP contribution in [-0.2, 0) is 20.8 Å². The average molecular weight is 338 g/mol. The Morgan fingerprint density at radius 2 is 1.54 bits per heavy atom. The molecule has 0 N–H and O–H groups in total. The maximum Gasteiger partial charge on any atom is 0.231 e. The minimum Gasteiger partial charge on any atom is -0.454 e. The van der Waals surface area contributed by atoms with Crippen molar-refractivity contribution in [2.24, 2.45) is 0 Å². The highest BCUT2D eigenvalue weighted by Gasteiger charge is 2.18. The summed E-state index contributed by atoms with van der Waals surface area (Å²) in [5.74, 6) is 2.04. The van der Waals surface area contributed by atoms with Crippen LogP contribution in [0.2, 0.25) is 0 Å². The van der Waals surface area contributed by atoms with Crippen LogP contribution in [0.1, 0.15) is 50.7 Å². The van der Waals surface area contributed by atoms with Crippen molar-refractivity contribution in [2.75, 3.05) is 39.8 Å². The van der Waals surface area contributed by atoms with Crippen LogP contribution in [0, 0.1) is 0 Å². The highest BCUT2D eigenvalue weighted by Crippen LogP contribution is 2.37. The summed E-state index contributed by atoms with van der Waals surface area (Å²) < 4.78 is 27.6. The molecule has 1 heterocycles. The molecule has 0 aliphatic carbocycles. The Hall–Kier alpha value is -1.30. The fourth-order valence-corrected chi connectivity index (χ4v) is 2.53. The minimum absolute atomic E-state index is 0.297. The zero-order valence-electron chi connectivity index (χ0n) is 15.1. The van der Waals surface area contributed by atoms with Gasteiger partial charge in [-0.15, -0.1) is 0 Å². The van der Waals surface area contributed by atoms with E-state index in [1.807, 2.05) is 6.07 Å². The van der Waals surface area contributed by atoms with Crippen LogP contribution in [0.5, 0.6) is 11.5 Å². The minimum atomic E-state index is 0.297. The molecule has 1 aliphatic heterocycles. The quantitative estimate of drug-likeness (QED) is 0.541. The third-order valence-electron chi connectivity index (χ3n) is 3.90. The van der Waals surface area contributed by atoms with Crippen molar-refractivity contribution >= 4 is 0 Å². The molecular formula is C19H30O5. The summed E-state index contributed by atoms with van der Waals surface area (Å²) in [7, 11) is 0. The van der Waals surface area contributed by atoms with Gasteiger partial charge in [0.25, 0.3) is 0 Å². The highest BCUT2D eigenvalue weighted by atomic mass is 16.7. The molecule has 0 saturated heterocycles. The van der Waals surface area contributed by atoms with E-state index in [1.165, 1.54) is 5.56 Å². The molecule has 0 radical (unpaired) electrons. The van der Waals surface area contributed by atoms with E-state index in [-0.39, 0.29) is 0 Å². The molecule has 0 bridgehead atoms. The van der Waals surface area contributed by atoms with E-state index in [9.17, 15) is 0 Å². The van der Waals surface area contributed by atoms with Gasteiger partial charge in [-0.1, -0.05) is 27.2 Å². The summed E-state index contributed by atoms with van der Waals surface area (Å²) in [5, 5.41) is 0. The first-order valence-corrected chi connectivity index (χ1v) is 8.88. The number of unbranched alkanes of at least 4 members (excludes halogenated alkanes) is 1. The molecule has 1 aromatic carbocycles. The number of benzene rings is 1. The molecule has 0 saturated carbocycles. The van der Waals surface area contributed by atoms with Crippen LogP contribution < -0.4 is 9.47 Å². The van der Waals surface area contributed by atoms with E-state index in [1.54, 1.807) is 0 Å². The molecule has 0 unspecified atom stereocenters. The standard InChI is InChI=1S/C19H30O5/c1-4-5-6-20-7-8-21-9-10-22-13-16-11-18-19(24-14-23-18)12-17(16)15(2)3/h11-12,15H,4-10,13-14H2,1-3H3. The number of rotatable bonds is 12. The van der Waals surface area contributed by atoms with Gasteiger partial charge in [-0.05, 0) is 35.6 Å². The molecule has 5 nitrogen and oxygen atoms in total. The fourth-order valence-electron chi connectivity index (χ4n) is 2.53. The largest absolute Gasteiger partial charge is 0.454 e. The molecule has 0 spiro atoms. The van der Waals surface area contributed by atoms with Crippen molar-refractivity contribution in [2.45, 2.75) is 46.1 Å². The molecule has 24 heavy (non-hydrogen) atoms. The number of hydrogen-bond acceptors (Lipinski definition) is 5. The SMILES string of the molecule is CCCCOCCOCCOCc1cc2c(cc1C(C)C)OCO2. The van der Waals surface area contributed by atoms with Gasteiger partial charge in [0.2, 0.25) is 6.79 Å². The Morgan fingerprint density at radius 3 is 2.21 bits per heavy atom. The van der Waals surface area contributed by atoms with E-state index >= 15 is 0 Å². The summed E-state index contributed by atoms with van der Waals surface area (Å²) in [6.07, 6.45) is 2.27. The Bertz CT molecular complexity index is 487. The van der Waals surface area contributed by atoms with E-state index < -0.39 is 0 Å². The van der Waals surface area contributed by atoms with Crippen LogP contribution in [-0.4, -0.2) is 39.8 Å². The summed E-state index contributed by atoms with van der Waals surface area (Å²) in [6.45, 7) is 10.6. The lowest BCUT2D eigenvalue weighted by atomic mass is 9.97. The lowest BCUT2D eigenvalue weighted by molar-refractivity contribution is 0.0101. The molecule has 0 amide bonds. The van der Waals surface area contributed by atoms with Gasteiger partial charge in [0.1, 0.15) is 0 Å². The monoisotopic (exact) mass is 338 g/mol. The maximum absolute atomic E-state index is 5.75. The topological polar surface area (TPSA) is 46.2 Å². The van der Waals surface area contributed by atoms with Gasteiger partial charge in [-0.25, -0.2) is 0 Å². The van der Waals surface area contributed by atoms with E-state index in [4.69, 9.17) is 23.7 Å². The molecule has 0 aromatic heterocycles. The van der Waals surface area contributed by atoms with E-state index in [0.717, 1.165) is 36.5 Å². The highest BCUT2D eigenvalue weighted by molar-refractivity contribution is 5.49.